The van der Waals surface area contributed by atoms with Crippen LogP contribution < -0.4 is 5.32 Å². The SMILES string of the molecule is C=C1CCC2C3CCC4=C/C(=N/OCCCCNCC)CC[C@]4(C)C3CC[C@]12C. The molecule has 3 fully saturated rings. The van der Waals surface area contributed by atoms with Crippen molar-refractivity contribution >= 4 is 5.71 Å². The van der Waals surface area contributed by atoms with Crippen LogP contribution in [0.4, 0.5) is 0 Å². The maximum absolute atomic E-state index is 5.66. The number of nitrogens with one attached hydrogen (secondary N) is 1. The van der Waals surface area contributed by atoms with Gasteiger partial charge in [0.2, 0.25) is 0 Å². The smallest absolute Gasteiger partial charge is 0.117 e. The van der Waals surface area contributed by atoms with Gasteiger partial charge in [-0.05, 0) is 112 Å². The fourth-order valence-corrected chi connectivity index (χ4v) is 7.27. The summed E-state index contributed by atoms with van der Waals surface area (Å²) in [5.74, 6) is 2.65. The Bertz CT molecular complexity index is 680. The first-order valence-electron chi connectivity index (χ1n) is 12.3. The summed E-state index contributed by atoms with van der Waals surface area (Å²) < 4.78 is 0. The average molecular weight is 399 g/mol. The maximum Gasteiger partial charge on any atom is 0.117 e. The van der Waals surface area contributed by atoms with Crippen LogP contribution in [0.2, 0.25) is 0 Å². The number of hydrogen-bond donors (Lipinski definition) is 1. The quantitative estimate of drug-likeness (QED) is 0.311. The Balaban J connectivity index is 1.39. The molecule has 4 rings (SSSR count). The van der Waals surface area contributed by atoms with E-state index in [1.54, 1.807) is 11.1 Å². The second kappa shape index (κ2) is 8.57. The molecule has 0 saturated heterocycles. The lowest BCUT2D eigenvalue weighted by molar-refractivity contribution is -0.0226. The third-order valence-electron chi connectivity index (χ3n) is 9.20. The van der Waals surface area contributed by atoms with Gasteiger partial charge in [0.05, 0.1) is 5.71 Å². The van der Waals surface area contributed by atoms with Crippen molar-refractivity contribution in [2.75, 3.05) is 19.7 Å². The van der Waals surface area contributed by atoms with Crippen LogP contribution in [-0.4, -0.2) is 25.4 Å². The zero-order valence-electron chi connectivity index (χ0n) is 19.1. The Hall–Kier alpha value is -1.09. The number of oxime groups is 1. The second-order valence-corrected chi connectivity index (χ2v) is 10.6. The standard InChI is InChI=1S/C26H42N2O/c1-5-27-16-6-7-17-29-28-21-12-14-26(4)20(18-21)9-10-22-23-11-8-19(2)25(23,3)15-13-24(22)26/h18,22-24,27H,2,5-17H2,1,3-4H3/b28-21+/t22?,23?,24?,25-,26+/m1/s1. The minimum Gasteiger partial charge on any atom is -0.396 e. The van der Waals surface area contributed by atoms with Gasteiger partial charge in [-0.2, -0.15) is 0 Å². The van der Waals surface area contributed by atoms with E-state index in [9.17, 15) is 0 Å². The summed E-state index contributed by atoms with van der Waals surface area (Å²) in [6.07, 6.45) is 15.0. The number of fused-ring (bicyclic) bond motifs is 5. The highest BCUT2D eigenvalue weighted by atomic mass is 16.6. The van der Waals surface area contributed by atoms with Gasteiger partial charge in [0.1, 0.15) is 6.61 Å². The van der Waals surface area contributed by atoms with Crippen molar-refractivity contribution in [3.05, 3.63) is 23.8 Å². The van der Waals surface area contributed by atoms with Crippen molar-refractivity contribution in [1.29, 1.82) is 0 Å². The second-order valence-electron chi connectivity index (χ2n) is 10.6. The molecule has 0 bridgehead atoms. The number of nitrogens with zero attached hydrogens (tertiary/aromatic N) is 1. The van der Waals surface area contributed by atoms with E-state index < -0.39 is 0 Å². The zero-order chi connectivity index (χ0) is 20.5. The van der Waals surface area contributed by atoms with E-state index in [1.807, 2.05) is 0 Å². The summed E-state index contributed by atoms with van der Waals surface area (Å²) in [4.78, 5) is 5.66. The molecule has 3 saturated carbocycles. The first-order valence-corrected chi connectivity index (χ1v) is 12.3. The van der Waals surface area contributed by atoms with Crippen molar-refractivity contribution in [2.45, 2.75) is 85.0 Å². The van der Waals surface area contributed by atoms with Crippen LogP contribution in [0.15, 0.2) is 29.0 Å². The molecular formula is C26H42N2O. The topological polar surface area (TPSA) is 33.6 Å². The highest BCUT2D eigenvalue weighted by molar-refractivity contribution is 5.96. The van der Waals surface area contributed by atoms with Gasteiger partial charge in [-0.15, -0.1) is 0 Å². The van der Waals surface area contributed by atoms with Crippen LogP contribution in [0.25, 0.3) is 0 Å². The van der Waals surface area contributed by atoms with Crippen molar-refractivity contribution in [1.82, 2.24) is 5.32 Å². The molecule has 0 aromatic rings. The Morgan fingerprint density at radius 3 is 2.72 bits per heavy atom. The van der Waals surface area contributed by atoms with Crippen molar-refractivity contribution in [2.24, 2.45) is 33.7 Å². The summed E-state index contributed by atoms with van der Waals surface area (Å²) >= 11 is 0. The maximum atomic E-state index is 5.66. The molecule has 0 heterocycles. The molecule has 4 aliphatic rings. The molecule has 4 aliphatic carbocycles. The highest BCUT2D eigenvalue weighted by Gasteiger charge is 2.57. The first-order chi connectivity index (χ1) is 14.0. The number of allylic oxidation sites excluding steroid dienone is 3. The molecule has 0 aliphatic heterocycles. The van der Waals surface area contributed by atoms with E-state index in [1.165, 1.54) is 50.7 Å². The highest BCUT2D eigenvalue weighted by Crippen LogP contribution is 2.66. The van der Waals surface area contributed by atoms with E-state index in [4.69, 9.17) is 4.84 Å². The zero-order valence-corrected chi connectivity index (χ0v) is 19.1. The van der Waals surface area contributed by atoms with Gasteiger partial charge >= 0.3 is 0 Å². The van der Waals surface area contributed by atoms with Crippen LogP contribution in [0.1, 0.15) is 85.0 Å². The summed E-state index contributed by atoms with van der Waals surface area (Å²) in [6, 6.07) is 0. The molecule has 1 N–H and O–H groups in total. The van der Waals surface area contributed by atoms with Gasteiger partial charge in [-0.3, -0.25) is 0 Å². The molecule has 0 amide bonds. The van der Waals surface area contributed by atoms with Gasteiger partial charge in [0.15, 0.2) is 0 Å². The fourth-order valence-electron chi connectivity index (χ4n) is 7.27. The van der Waals surface area contributed by atoms with Gasteiger partial charge in [-0.1, -0.05) is 43.7 Å². The third kappa shape index (κ3) is 3.84. The summed E-state index contributed by atoms with van der Waals surface area (Å²) in [7, 11) is 0. The average Bonchev–Trinajstić information content (AvgIpc) is 3.02. The van der Waals surface area contributed by atoms with E-state index >= 15 is 0 Å². The van der Waals surface area contributed by atoms with Crippen LogP contribution in [-0.2, 0) is 4.84 Å². The molecule has 0 spiro atoms. The molecule has 5 atom stereocenters. The molecule has 0 radical (unpaired) electrons. The number of rotatable bonds is 7. The molecule has 0 aromatic carbocycles. The number of unbranched alkanes of at least 4 members (excludes halogenated alkanes) is 1. The lowest BCUT2D eigenvalue weighted by Crippen LogP contribution is -2.49. The predicted molar refractivity (Wildman–Crippen MR) is 122 cm³/mol. The van der Waals surface area contributed by atoms with Crippen LogP contribution in [0.3, 0.4) is 0 Å². The molecule has 3 nitrogen and oxygen atoms in total. The lowest BCUT2D eigenvalue weighted by Gasteiger charge is -2.57. The van der Waals surface area contributed by atoms with Crippen LogP contribution in [0.5, 0.6) is 0 Å². The van der Waals surface area contributed by atoms with E-state index in [-0.39, 0.29) is 0 Å². The molecule has 3 heteroatoms. The molecule has 3 unspecified atom stereocenters. The van der Waals surface area contributed by atoms with E-state index in [0.29, 0.717) is 10.8 Å². The van der Waals surface area contributed by atoms with Gasteiger partial charge in [0.25, 0.3) is 0 Å². The van der Waals surface area contributed by atoms with Gasteiger partial charge < -0.3 is 10.2 Å². The Morgan fingerprint density at radius 1 is 1.07 bits per heavy atom. The molecular weight excluding hydrogens is 356 g/mol. The summed E-state index contributed by atoms with van der Waals surface area (Å²) in [5, 5.41) is 7.87. The Labute approximate surface area is 178 Å². The van der Waals surface area contributed by atoms with E-state index in [0.717, 1.165) is 56.7 Å². The van der Waals surface area contributed by atoms with Crippen LogP contribution >= 0.6 is 0 Å². The van der Waals surface area contributed by atoms with Gasteiger partial charge in [0, 0.05) is 0 Å². The molecule has 0 aromatic heterocycles. The molecule has 29 heavy (non-hydrogen) atoms. The fraction of sp³-hybridized carbons (Fsp3) is 0.808. The summed E-state index contributed by atoms with van der Waals surface area (Å²) in [6.45, 7) is 14.6. The van der Waals surface area contributed by atoms with Crippen molar-refractivity contribution in [3.63, 3.8) is 0 Å². The minimum atomic E-state index is 0.388. The van der Waals surface area contributed by atoms with Gasteiger partial charge in [-0.25, -0.2) is 0 Å². The van der Waals surface area contributed by atoms with Crippen molar-refractivity contribution < 1.29 is 4.84 Å². The first kappa shape index (κ1) is 21.2. The van der Waals surface area contributed by atoms with E-state index in [2.05, 4.69) is 43.9 Å². The Kier molecular flexibility index (Phi) is 6.25. The summed E-state index contributed by atoms with van der Waals surface area (Å²) in [5.41, 5.74) is 5.21. The molecule has 162 valence electrons. The largest absolute Gasteiger partial charge is 0.396 e. The predicted octanol–water partition coefficient (Wildman–Crippen LogP) is 6.27. The minimum absolute atomic E-state index is 0.388. The van der Waals surface area contributed by atoms with Crippen molar-refractivity contribution in [3.8, 4) is 0 Å². The van der Waals surface area contributed by atoms with Crippen LogP contribution in [0, 0.1) is 28.6 Å². The normalized spacial score (nSPS) is 40.2. The number of hydrogen-bond acceptors (Lipinski definition) is 3. The monoisotopic (exact) mass is 398 g/mol. The Morgan fingerprint density at radius 2 is 1.90 bits per heavy atom. The lowest BCUT2D eigenvalue weighted by atomic mass is 9.47. The third-order valence-corrected chi connectivity index (χ3v) is 9.20.